The first-order valence-corrected chi connectivity index (χ1v) is 7.64. The van der Waals surface area contributed by atoms with Crippen molar-refractivity contribution in [3.05, 3.63) is 28.8 Å². The molecule has 0 heterocycles. The summed E-state index contributed by atoms with van der Waals surface area (Å²) < 4.78 is 0. The van der Waals surface area contributed by atoms with Crippen LogP contribution in [0.15, 0.2) is 23.2 Å². The van der Waals surface area contributed by atoms with Crippen molar-refractivity contribution < 1.29 is 4.79 Å². The fraction of sp³-hybridized carbons (Fsp3) is 0.500. The Labute approximate surface area is 160 Å². The molecule has 0 aliphatic carbocycles. The van der Waals surface area contributed by atoms with Crippen LogP contribution in [0.1, 0.15) is 32.8 Å². The molecular formula is C16H26ClIN4O. The summed E-state index contributed by atoms with van der Waals surface area (Å²) in [5.41, 5.74) is 1.53. The van der Waals surface area contributed by atoms with Crippen LogP contribution in [-0.2, 0) is 4.79 Å². The van der Waals surface area contributed by atoms with E-state index in [9.17, 15) is 4.79 Å². The number of halogens is 2. The topological polar surface area (TPSA) is 65.5 Å². The number of benzene rings is 1. The number of aliphatic imine (C=N–C) groups is 1. The van der Waals surface area contributed by atoms with Gasteiger partial charge >= 0.3 is 0 Å². The highest BCUT2D eigenvalue weighted by Crippen LogP contribution is 2.22. The fourth-order valence-electron chi connectivity index (χ4n) is 1.78. The van der Waals surface area contributed by atoms with Gasteiger partial charge in [0.2, 0.25) is 5.91 Å². The van der Waals surface area contributed by atoms with Crippen LogP contribution in [0.25, 0.3) is 0 Å². The van der Waals surface area contributed by atoms with Crippen LogP contribution < -0.4 is 16.0 Å². The van der Waals surface area contributed by atoms with Crippen LogP contribution in [-0.4, -0.2) is 31.0 Å². The molecule has 5 nitrogen and oxygen atoms in total. The maximum absolute atomic E-state index is 12.0. The first-order valence-electron chi connectivity index (χ1n) is 7.27. The summed E-state index contributed by atoms with van der Waals surface area (Å²) in [7, 11) is 1.70. The Morgan fingerprint density at radius 3 is 2.52 bits per heavy atom. The summed E-state index contributed by atoms with van der Waals surface area (Å²) in [6, 6.07) is 5.46. The average molecular weight is 453 g/mol. The van der Waals surface area contributed by atoms with E-state index in [2.05, 4.69) is 41.7 Å². The zero-order valence-corrected chi connectivity index (χ0v) is 17.4. The van der Waals surface area contributed by atoms with E-state index in [1.165, 1.54) is 0 Å². The largest absolute Gasteiger partial charge is 0.356 e. The first kappa shape index (κ1) is 22.0. The van der Waals surface area contributed by atoms with Crippen LogP contribution in [0, 0.1) is 6.92 Å². The van der Waals surface area contributed by atoms with E-state index in [-0.39, 0.29) is 35.4 Å². The first-order chi connectivity index (χ1) is 10.2. The molecule has 3 N–H and O–H groups in total. The van der Waals surface area contributed by atoms with Crippen molar-refractivity contribution in [3.8, 4) is 0 Å². The number of guanidine groups is 1. The number of amides is 1. The molecule has 0 aliphatic heterocycles. The predicted molar refractivity (Wildman–Crippen MR) is 109 cm³/mol. The SMILES string of the molecule is CN=C(NCCC(=O)Nc1cccc(Cl)c1C)NC(C)(C)C.I. The van der Waals surface area contributed by atoms with Gasteiger partial charge in [-0.15, -0.1) is 24.0 Å². The van der Waals surface area contributed by atoms with Crippen molar-refractivity contribution in [3.63, 3.8) is 0 Å². The molecule has 0 aromatic heterocycles. The molecule has 23 heavy (non-hydrogen) atoms. The summed E-state index contributed by atoms with van der Waals surface area (Å²) in [5, 5.41) is 9.87. The molecular weight excluding hydrogens is 427 g/mol. The summed E-state index contributed by atoms with van der Waals surface area (Å²) in [6.45, 7) is 8.53. The Kier molecular flexibility index (Phi) is 9.53. The third kappa shape index (κ3) is 8.41. The van der Waals surface area contributed by atoms with E-state index < -0.39 is 0 Å². The summed E-state index contributed by atoms with van der Waals surface area (Å²) in [4.78, 5) is 16.1. The molecule has 1 rings (SSSR count). The highest BCUT2D eigenvalue weighted by Gasteiger charge is 2.12. The summed E-state index contributed by atoms with van der Waals surface area (Å²) in [6.07, 6.45) is 0.344. The maximum Gasteiger partial charge on any atom is 0.226 e. The number of carbonyl (C=O) groups is 1. The molecule has 0 atom stereocenters. The number of carbonyl (C=O) groups excluding carboxylic acids is 1. The fourth-order valence-corrected chi connectivity index (χ4v) is 1.96. The number of anilines is 1. The quantitative estimate of drug-likeness (QED) is 0.372. The monoisotopic (exact) mass is 452 g/mol. The molecule has 1 aromatic rings. The standard InChI is InChI=1S/C16H25ClN4O.HI/c1-11-12(17)7-6-8-13(11)20-14(22)9-10-19-15(18-5)21-16(2,3)4;/h6-8H,9-10H2,1-5H3,(H,20,22)(H2,18,19,21);1H. The summed E-state index contributed by atoms with van der Waals surface area (Å²) >= 11 is 6.04. The van der Waals surface area contributed by atoms with Gasteiger partial charge in [-0.3, -0.25) is 9.79 Å². The minimum atomic E-state index is -0.0813. The lowest BCUT2D eigenvalue weighted by Crippen LogP contribution is -2.48. The number of nitrogens with zero attached hydrogens (tertiary/aromatic N) is 1. The average Bonchev–Trinajstić information content (AvgIpc) is 2.41. The molecule has 0 saturated carbocycles. The number of rotatable bonds is 4. The van der Waals surface area contributed by atoms with Crippen LogP contribution in [0.4, 0.5) is 5.69 Å². The molecule has 0 spiro atoms. The van der Waals surface area contributed by atoms with Crippen molar-refractivity contribution in [2.24, 2.45) is 4.99 Å². The predicted octanol–water partition coefficient (Wildman–Crippen LogP) is 3.56. The molecule has 1 amide bonds. The second-order valence-electron chi connectivity index (χ2n) is 6.08. The van der Waals surface area contributed by atoms with Crippen molar-refractivity contribution in [2.75, 3.05) is 18.9 Å². The minimum absolute atomic E-state index is 0. The number of nitrogens with one attached hydrogen (secondary N) is 3. The Bertz CT molecular complexity index is 556. The minimum Gasteiger partial charge on any atom is -0.356 e. The zero-order chi connectivity index (χ0) is 16.8. The van der Waals surface area contributed by atoms with Crippen LogP contribution in [0.5, 0.6) is 0 Å². The lowest BCUT2D eigenvalue weighted by atomic mass is 10.1. The number of hydrogen-bond donors (Lipinski definition) is 3. The van der Waals surface area contributed by atoms with E-state index in [0.29, 0.717) is 23.9 Å². The highest BCUT2D eigenvalue weighted by atomic mass is 127. The highest BCUT2D eigenvalue weighted by molar-refractivity contribution is 14.0. The van der Waals surface area contributed by atoms with Gasteiger partial charge in [0, 0.05) is 36.3 Å². The van der Waals surface area contributed by atoms with Gasteiger partial charge in [0.15, 0.2) is 5.96 Å². The smallest absolute Gasteiger partial charge is 0.226 e. The van der Waals surface area contributed by atoms with E-state index in [0.717, 1.165) is 11.3 Å². The Balaban J connectivity index is 0.00000484. The second-order valence-corrected chi connectivity index (χ2v) is 6.49. The van der Waals surface area contributed by atoms with Gasteiger partial charge in [-0.25, -0.2) is 0 Å². The summed E-state index contributed by atoms with van der Waals surface area (Å²) in [5.74, 6) is 0.614. The van der Waals surface area contributed by atoms with Gasteiger partial charge in [-0.2, -0.15) is 0 Å². The number of hydrogen-bond acceptors (Lipinski definition) is 2. The van der Waals surface area contributed by atoms with Crippen molar-refractivity contribution in [1.29, 1.82) is 0 Å². The van der Waals surface area contributed by atoms with Gasteiger partial charge in [0.1, 0.15) is 0 Å². The molecule has 0 aliphatic rings. The van der Waals surface area contributed by atoms with Gasteiger partial charge in [-0.1, -0.05) is 17.7 Å². The van der Waals surface area contributed by atoms with Crippen LogP contribution in [0.2, 0.25) is 5.02 Å². The van der Waals surface area contributed by atoms with Crippen LogP contribution in [0.3, 0.4) is 0 Å². The molecule has 0 fully saturated rings. The maximum atomic E-state index is 12.0. The molecule has 1 aromatic carbocycles. The molecule has 0 unspecified atom stereocenters. The van der Waals surface area contributed by atoms with Crippen molar-refractivity contribution >= 4 is 53.1 Å². The Morgan fingerprint density at radius 2 is 1.96 bits per heavy atom. The zero-order valence-electron chi connectivity index (χ0n) is 14.3. The van der Waals surface area contributed by atoms with Crippen molar-refractivity contribution in [1.82, 2.24) is 10.6 Å². The van der Waals surface area contributed by atoms with Gasteiger partial charge in [-0.05, 0) is 45.4 Å². The van der Waals surface area contributed by atoms with Gasteiger partial charge in [0.25, 0.3) is 0 Å². The van der Waals surface area contributed by atoms with E-state index in [1.807, 2.05) is 19.1 Å². The Hall–Kier alpha value is -1.02. The molecule has 0 bridgehead atoms. The second kappa shape index (κ2) is 9.97. The van der Waals surface area contributed by atoms with E-state index in [4.69, 9.17) is 11.6 Å². The third-order valence-electron chi connectivity index (χ3n) is 2.90. The third-order valence-corrected chi connectivity index (χ3v) is 3.31. The Morgan fingerprint density at radius 1 is 1.30 bits per heavy atom. The molecule has 0 radical (unpaired) electrons. The van der Waals surface area contributed by atoms with Gasteiger partial charge < -0.3 is 16.0 Å². The van der Waals surface area contributed by atoms with E-state index in [1.54, 1.807) is 13.1 Å². The molecule has 7 heteroatoms. The lowest BCUT2D eigenvalue weighted by Gasteiger charge is -2.23. The normalized spacial score (nSPS) is 11.5. The van der Waals surface area contributed by atoms with Crippen molar-refractivity contribution in [2.45, 2.75) is 39.7 Å². The lowest BCUT2D eigenvalue weighted by molar-refractivity contribution is -0.116. The van der Waals surface area contributed by atoms with Gasteiger partial charge in [0.05, 0.1) is 0 Å². The molecule has 130 valence electrons. The van der Waals surface area contributed by atoms with E-state index >= 15 is 0 Å². The molecule has 0 saturated heterocycles. The van der Waals surface area contributed by atoms with Crippen LogP contribution >= 0.6 is 35.6 Å².